The highest BCUT2D eigenvalue weighted by Gasteiger charge is 2.35. The van der Waals surface area contributed by atoms with Crippen molar-refractivity contribution in [1.29, 1.82) is 0 Å². The molecule has 2 unspecified atom stereocenters. The molecule has 2 heterocycles. The second-order valence-electron chi connectivity index (χ2n) is 4.62. The molecule has 3 nitrogen and oxygen atoms in total. The lowest BCUT2D eigenvalue weighted by molar-refractivity contribution is -0.132. The van der Waals surface area contributed by atoms with E-state index in [1.54, 1.807) is 0 Å². The molecule has 0 aromatic heterocycles. The summed E-state index contributed by atoms with van der Waals surface area (Å²) in [5, 5.41) is 3.59. The third-order valence-electron chi connectivity index (χ3n) is 3.69. The van der Waals surface area contributed by atoms with Gasteiger partial charge in [-0.1, -0.05) is 6.92 Å². The SMILES string of the molecule is CCC(=O)N(C)C1CC2CCC(C1)N2. The standard InChI is InChI=1S/C11H20N2O/c1-3-11(14)13(2)10-6-8-4-5-9(7-10)12-8/h8-10,12H,3-7H2,1-2H3. The van der Waals surface area contributed by atoms with E-state index in [1.165, 1.54) is 12.8 Å². The zero-order valence-electron chi connectivity index (χ0n) is 9.12. The molecule has 2 bridgehead atoms. The second kappa shape index (κ2) is 3.89. The average Bonchev–Trinajstić information content (AvgIpc) is 2.55. The van der Waals surface area contributed by atoms with Crippen LogP contribution in [0.2, 0.25) is 0 Å². The molecule has 2 aliphatic heterocycles. The van der Waals surface area contributed by atoms with Crippen LogP contribution >= 0.6 is 0 Å². The average molecular weight is 196 g/mol. The van der Waals surface area contributed by atoms with Gasteiger partial charge >= 0.3 is 0 Å². The molecule has 0 aromatic rings. The van der Waals surface area contributed by atoms with Crippen LogP contribution < -0.4 is 5.32 Å². The third-order valence-corrected chi connectivity index (χ3v) is 3.69. The van der Waals surface area contributed by atoms with E-state index in [-0.39, 0.29) is 5.91 Å². The summed E-state index contributed by atoms with van der Waals surface area (Å²) in [4.78, 5) is 13.5. The van der Waals surface area contributed by atoms with Crippen molar-refractivity contribution in [3.05, 3.63) is 0 Å². The molecule has 1 amide bonds. The zero-order chi connectivity index (χ0) is 10.1. The second-order valence-corrected chi connectivity index (χ2v) is 4.62. The molecule has 0 spiro atoms. The van der Waals surface area contributed by atoms with Gasteiger partial charge in [0.1, 0.15) is 0 Å². The van der Waals surface area contributed by atoms with Gasteiger partial charge in [0.15, 0.2) is 0 Å². The first-order valence-electron chi connectivity index (χ1n) is 5.72. The Morgan fingerprint density at radius 2 is 1.93 bits per heavy atom. The van der Waals surface area contributed by atoms with E-state index in [2.05, 4.69) is 5.32 Å². The largest absolute Gasteiger partial charge is 0.343 e. The minimum atomic E-state index is 0.288. The highest BCUT2D eigenvalue weighted by atomic mass is 16.2. The summed E-state index contributed by atoms with van der Waals surface area (Å²) in [7, 11) is 1.96. The fourth-order valence-corrected chi connectivity index (χ4v) is 2.80. The van der Waals surface area contributed by atoms with E-state index in [4.69, 9.17) is 0 Å². The van der Waals surface area contributed by atoms with Gasteiger partial charge in [-0.2, -0.15) is 0 Å². The molecule has 0 saturated carbocycles. The van der Waals surface area contributed by atoms with Crippen molar-refractivity contribution in [2.45, 2.75) is 57.2 Å². The highest BCUT2D eigenvalue weighted by Crippen LogP contribution is 2.29. The van der Waals surface area contributed by atoms with E-state index in [1.807, 2.05) is 18.9 Å². The van der Waals surface area contributed by atoms with Crippen LogP contribution in [0.3, 0.4) is 0 Å². The molecule has 2 saturated heterocycles. The molecule has 0 aromatic carbocycles. The van der Waals surface area contributed by atoms with Crippen LogP contribution in [0.15, 0.2) is 0 Å². The van der Waals surface area contributed by atoms with Gasteiger partial charge in [0, 0.05) is 31.6 Å². The number of rotatable bonds is 2. The van der Waals surface area contributed by atoms with E-state index in [9.17, 15) is 4.79 Å². The Morgan fingerprint density at radius 3 is 2.43 bits per heavy atom. The smallest absolute Gasteiger partial charge is 0.222 e. The van der Waals surface area contributed by atoms with Crippen LogP contribution in [0.5, 0.6) is 0 Å². The maximum absolute atomic E-state index is 11.6. The van der Waals surface area contributed by atoms with Crippen LogP contribution in [0.25, 0.3) is 0 Å². The predicted octanol–water partition coefficient (Wildman–Crippen LogP) is 1.14. The number of amides is 1. The first kappa shape index (κ1) is 9.97. The topological polar surface area (TPSA) is 32.3 Å². The summed E-state index contributed by atoms with van der Waals surface area (Å²) in [5.74, 6) is 0.288. The van der Waals surface area contributed by atoms with E-state index < -0.39 is 0 Å². The summed E-state index contributed by atoms with van der Waals surface area (Å²) in [6.07, 6.45) is 5.54. The number of fused-ring (bicyclic) bond motifs is 2. The van der Waals surface area contributed by atoms with Crippen LogP contribution in [-0.2, 0) is 4.79 Å². The quantitative estimate of drug-likeness (QED) is 0.718. The lowest BCUT2D eigenvalue weighted by Gasteiger charge is -2.35. The monoisotopic (exact) mass is 196 g/mol. The van der Waals surface area contributed by atoms with Gasteiger partial charge in [0.25, 0.3) is 0 Å². The third kappa shape index (κ3) is 1.78. The Hall–Kier alpha value is -0.570. The van der Waals surface area contributed by atoms with Crippen molar-refractivity contribution in [3.63, 3.8) is 0 Å². The van der Waals surface area contributed by atoms with Gasteiger partial charge in [0.2, 0.25) is 5.91 Å². The summed E-state index contributed by atoms with van der Waals surface area (Å²) in [5.41, 5.74) is 0. The number of hydrogen-bond acceptors (Lipinski definition) is 2. The molecule has 2 atom stereocenters. The molecule has 2 aliphatic rings. The first-order chi connectivity index (χ1) is 6.70. The molecule has 2 rings (SSSR count). The normalized spacial score (nSPS) is 35.7. The molecule has 80 valence electrons. The predicted molar refractivity (Wildman–Crippen MR) is 56.0 cm³/mol. The number of carbonyl (C=O) groups is 1. The van der Waals surface area contributed by atoms with Gasteiger partial charge in [-0.15, -0.1) is 0 Å². The Balaban J connectivity index is 1.95. The molecule has 0 aliphatic carbocycles. The summed E-state index contributed by atoms with van der Waals surface area (Å²) in [6, 6.07) is 1.83. The Bertz CT molecular complexity index is 217. The van der Waals surface area contributed by atoms with Gasteiger partial charge in [-0.3, -0.25) is 4.79 Å². The van der Waals surface area contributed by atoms with Gasteiger partial charge < -0.3 is 10.2 Å². The molecular weight excluding hydrogens is 176 g/mol. The van der Waals surface area contributed by atoms with Crippen molar-refractivity contribution in [3.8, 4) is 0 Å². The van der Waals surface area contributed by atoms with E-state index >= 15 is 0 Å². The van der Waals surface area contributed by atoms with Crippen molar-refractivity contribution in [2.75, 3.05) is 7.05 Å². The number of carbonyl (C=O) groups excluding carboxylic acids is 1. The fraction of sp³-hybridized carbons (Fsp3) is 0.909. The summed E-state index contributed by atoms with van der Waals surface area (Å²) >= 11 is 0. The van der Waals surface area contributed by atoms with Gasteiger partial charge in [-0.05, 0) is 25.7 Å². The summed E-state index contributed by atoms with van der Waals surface area (Å²) < 4.78 is 0. The lowest BCUT2D eigenvalue weighted by Crippen LogP contribution is -2.48. The number of nitrogens with zero attached hydrogens (tertiary/aromatic N) is 1. The van der Waals surface area contributed by atoms with Gasteiger partial charge in [0.05, 0.1) is 0 Å². The Kier molecular flexibility index (Phi) is 2.77. The van der Waals surface area contributed by atoms with Crippen molar-refractivity contribution < 1.29 is 4.79 Å². The molecular formula is C11H20N2O. The van der Waals surface area contributed by atoms with E-state index in [0.29, 0.717) is 24.5 Å². The van der Waals surface area contributed by atoms with Crippen LogP contribution in [-0.4, -0.2) is 36.0 Å². The van der Waals surface area contributed by atoms with Crippen molar-refractivity contribution in [1.82, 2.24) is 10.2 Å². The van der Waals surface area contributed by atoms with E-state index in [0.717, 1.165) is 12.8 Å². The molecule has 2 fully saturated rings. The number of hydrogen-bond donors (Lipinski definition) is 1. The maximum Gasteiger partial charge on any atom is 0.222 e. The minimum Gasteiger partial charge on any atom is -0.343 e. The molecule has 0 radical (unpaired) electrons. The maximum atomic E-state index is 11.6. The van der Waals surface area contributed by atoms with Crippen LogP contribution in [0.1, 0.15) is 39.0 Å². The molecule has 3 heteroatoms. The van der Waals surface area contributed by atoms with Crippen LogP contribution in [0, 0.1) is 0 Å². The number of nitrogens with one attached hydrogen (secondary N) is 1. The van der Waals surface area contributed by atoms with Crippen molar-refractivity contribution in [2.24, 2.45) is 0 Å². The lowest BCUT2D eigenvalue weighted by atomic mass is 9.98. The highest BCUT2D eigenvalue weighted by molar-refractivity contribution is 5.75. The molecule has 1 N–H and O–H groups in total. The minimum absolute atomic E-state index is 0.288. The Morgan fingerprint density at radius 1 is 1.36 bits per heavy atom. The van der Waals surface area contributed by atoms with Crippen LogP contribution in [0.4, 0.5) is 0 Å². The zero-order valence-corrected chi connectivity index (χ0v) is 9.12. The first-order valence-corrected chi connectivity index (χ1v) is 5.72. The number of piperidine rings is 1. The fourth-order valence-electron chi connectivity index (χ4n) is 2.80. The summed E-state index contributed by atoms with van der Waals surface area (Å²) in [6.45, 7) is 1.94. The van der Waals surface area contributed by atoms with Gasteiger partial charge in [-0.25, -0.2) is 0 Å². The van der Waals surface area contributed by atoms with Crippen molar-refractivity contribution >= 4 is 5.91 Å². The Labute approximate surface area is 85.8 Å². The molecule has 14 heavy (non-hydrogen) atoms.